The first-order valence-electron chi connectivity index (χ1n) is 9.72. The molecule has 0 saturated carbocycles. The van der Waals surface area contributed by atoms with E-state index in [1.165, 1.54) is 50.5 Å². The summed E-state index contributed by atoms with van der Waals surface area (Å²) in [4.78, 5) is 31.6. The Morgan fingerprint density at radius 1 is 1.30 bits per heavy atom. The largest absolute Gasteiger partial charge is 0.493 e. The van der Waals surface area contributed by atoms with Crippen LogP contribution in [0.1, 0.15) is 40.7 Å². The van der Waals surface area contributed by atoms with Crippen LogP contribution in [0.4, 0.5) is 10.8 Å². The molecular weight excluding hydrogens is 408 g/mol. The van der Waals surface area contributed by atoms with Crippen LogP contribution in [0.15, 0.2) is 12.1 Å². The molecule has 3 rings (SSSR count). The second kappa shape index (κ2) is 9.40. The maximum atomic E-state index is 12.8. The highest BCUT2D eigenvalue weighted by molar-refractivity contribution is 7.15. The van der Waals surface area contributed by atoms with Crippen molar-refractivity contribution >= 4 is 28.1 Å². The summed E-state index contributed by atoms with van der Waals surface area (Å²) < 4.78 is 10.3. The Balaban J connectivity index is 1.78. The number of nitro groups is 1. The summed E-state index contributed by atoms with van der Waals surface area (Å²) in [5, 5.41) is 14.6. The molecule has 0 atom stereocenters. The number of aromatic nitrogens is 1. The molecule has 1 fully saturated rings. The molecule has 2 aromatic rings. The quantitative estimate of drug-likeness (QED) is 0.521. The van der Waals surface area contributed by atoms with E-state index in [1.807, 2.05) is 6.92 Å². The fourth-order valence-electron chi connectivity index (χ4n) is 3.42. The van der Waals surface area contributed by atoms with Crippen molar-refractivity contribution in [3.63, 3.8) is 0 Å². The molecule has 1 amide bonds. The molecule has 1 aromatic heterocycles. The van der Waals surface area contributed by atoms with Gasteiger partial charge in [-0.25, -0.2) is 4.98 Å². The first kappa shape index (κ1) is 22.0. The summed E-state index contributed by atoms with van der Waals surface area (Å²) in [5.41, 5.74) is 0.383. The van der Waals surface area contributed by atoms with Crippen LogP contribution in [0.2, 0.25) is 0 Å². The molecule has 1 aliphatic rings. The molecule has 162 valence electrons. The summed E-state index contributed by atoms with van der Waals surface area (Å²) in [6.45, 7) is 7.09. The third-order valence-electron chi connectivity index (χ3n) is 5.30. The molecule has 0 unspecified atom stereocenters. The molecule has 1 N–H and O–H groups in total. The summed E-state index contributed by atoms with van der Waals surface area (Å²) >= 11 is 1.40. The number of amides is 1. The second-order valence-electron chi connectivity index (χ2n) is 7.42. The van der Waals surface area contributed by atoms with Crippen molar-refractivity contribution in [2.24, 2.45) is 5.92 Å². The number of carbonyl (C=O) groups is 1. The van der Waals surface area contributed by atoms with Crippen LogP contribution in [0.5, 0.6) is 11.5 Å². The molecule has 1 aromatic carbocycles. The lowest BCUT2D eigenvalue weighted by atomic mass is 9.99. The highest BCUT2D eigenvalue weighted by atomic mass is 32.1. The molecule has 9 nitrogen and oxygen atoms in total. The van der Waals surface area contributed by atoms with Crippen molar-refractivity contribution in [3.8, 4) is 11.5 Å². The van der Waals surface area contributed by atoms with Crippen molar-refractivity contribution in [2.45, 2.75) is 33.2 Å². The van der Waals surface area contributed by atoms with Gasteiger partial charge in [-0.1, -0.05) is 6.92 Å². The first-order chi connectivity index (χ1) is 14.3. The van der Waals surface area contributed by atoms with Gasteiger partial charge in [0, 0.05) is 17.5 Å². The van der Waals surface area contributed by atoms with E-state index in [1.54, 1.807) is 0 Å². The fraction of sp³-hybridized carbons (Fsp3) is 0.500. The van der Waals surface area contributed by atoms with E-state index in [0.717, 1.165) is 36.1 Å². The number of aryl methyl sites for hydroxylation is 1. The zero-order chi connectivity index (χ0) is 21.8. The smallest absolute Gasteiger partial charge is 0.286 e. The molecule has 1 aliphatic heterocycles. The van der Waals surface area contributed by atoms with Gasteiger partial charge in [-0.15, -0.1) is 11.3 Å². The van der Waals surface area contributed by atoms with Crippen LogP contribution in [-0.4, -0.2) is 48.0 Å². The van der Waals surface area contributed by atoms with Gasteiger partial charge in [0.2, 0.25) is 0 Å². The molecule has 30 heavy (non-hydrogen) atoms. The number of carbonyl (C=O) groups excluding carboxylic acids is 1. The van der Waals surface area contributed by atoms with Gasteiger partial charge in [0.1, 0.15) is 5.56 Å². The number of anilines is 1. The Kier molecular flexibility index (Phi) is 6.88. The standard InChI is InChI=1S/C20H26N4O5S/c1-12-5-7-23(8-6-12)11-18-13(2)21-20(30-18)22-19(25)14-9-16(28-3)17(29-4)10-15(14)24(26)27/h9-10,12H,5-8,11H2,1-4H3,(H,21,22,25). The van der Waals surface area contributed by atoms with Gasteiger partial charge in [0.25, 0.3) is 11.6 Å². The van der Waals surface area contributed by atoms with Crippen molar-refractivity contribution in [2.75, 3.05) is 32.6 Å². The number of piperidine rings is 1. The number of hydrogen-bond acceptors (Lipinski definition) is 8. The Morgan fingerprint density at radius 2 is 1.93 bits per heavy atom. The average molecular weight is 435 g/mol. The zero-order valence-electron chi connectivity index (χ0n) is 17.6. The Hall–Kier alpha value is -2.72. The van der Waals surface area contributed by atoms with Gasteiger partial charge in [-0.2, -0.15) is 0 Å². The first-order valence-corrected chi connectivity index (χ1v) is 10.5. The van der Waals surface area contributed by atoms with E-state index >= 15 is 0 Å². The van der Waals surface area contributed by atoms with E-state index in [4.69, 9.17) is 9.47 Å². The highest BCUT2D eigenvalue weighted by Crippen LogP contribution is 2.35. The third-order valence-corrected chi connectivity index (χ3v) is 6.36. The molecule has 0 spiro atoms. The number of rotatable bonds is 7. The minimum atomic E-state index is -0.618. The van der Waals surface area contributed by atoms with Gasteiger partial charge in [-0.3, -0.25) is 25.1 Å². The minimum absolute atomic E-state index is 0.114. The van der Waals surface area contributed by atoms with Gasteiger partial charge in [0.15, 0.2) is 16.6 Å². The number of methoxy groups -OCH3 is 2. The maximum Gasteiger partial charge on any atom is 0.286 e. The molecule has 0 radical (unpaired) electrons. The van der Waals surface area contributed by atoms with Gasteiger partial charge >= 0.3 is 0 Å². The topological polar surface area (TPSA) is 107 Å². The van der Waals surface area contributed by atoms with Crippen LogP contribution < -0.4 is 14.8 Å². The summed E-state index contributed by atoms with van der Waals surface area (Å²) in [6, 6.07) is 2.49. The van der Waals surface area contributed by atoms with Gasteiger partial charge in [0.05, 0.1) is 30.9 Å². The van der Waals surface area contributed by atoms with Crippen molar-refractivity contribution in [3.05, 3.63) is 38.4 Å². The number of hydrogen-bond donors (Lipinski definition) is 1. The Labute approximate surface area is 179 Å². The number of likely N-dealkylation sites (tertiary alicyclic amines) is 1. The minimum Gasteiger partial charge on any atom is -0.493 e. The van der Waals surface area contributed by atoms with Gasteiger partial charge < -0.3 is 9.47 Å². The monoisotopic (exact) mass is 434 g/mol. The van der Waals surface area contributed by atoms with E-state index < -0.39 is 10.8 Å². The summed E-state index contributed by atoms with van der Waals surface area (Å²) in [6.07, 6.45) is 2.37. The lowest BCUT2D eigenvalue weighted by Gasteiger charge is -2.29. The normalized spacial score (nSPS) is 15.1. The number of thiazole rings is 1. The van der Waals surface area contributed by atoms with Crippen molar-refractivity contribution in [1.82, 2.24) is 9.88 Å². The molecule has 0 bridgehead atoms. The van der Waals surface area contributed by atoms with Crippen molar-refractivity contribution in [1.29, 1.82) is 0 Å². The molecule has 0 aliphatic carbocycles. The van der Waals surface area contributed by atoms with E-state index in [0.29, 0.717) is 5.13 Å². The van der Waals surface area contributed by atoms with E-state index in [9.17, 15) is 14.9 Å². The maximum absolute atomic E-state index is 12.8. The predicted molar refractivity (Wildman–Crippen MR) is 115 cm³/mol. The Morgan fingerprint density at radius 3 is 2.53 bits per heavy atom. The molecule has 1 saturated heterocycles. The van der Waals surface area contributed by atoms with Crippen LogP contribution >= 0.6 is 11.3 Å². The van der Waals surface area contributed by atoms with Crippen LogP contribution in [0, 0.1) is 23.0 Å². The van der Waals surface area contributed by atoms with Crippen LogP contribution in [-0.2, 0) is 6.54 Å². The predicted octanol–water partition coefficient (Wildman–Crippen LogP) is 3.86. The Bertz CT molecular complexity index is 938. The van der Waals surface area contributed by atoms with Crippen LogP contribution in [0.3, 0.4) is 0 Å². The van der Waals surface area contributed by atoms with E-state index in [2.05, 4.69) is 22.1 Å². The highest BCUT2D eigenvalue weighted by Gasteiger charge is 2.26. The fourth-order valence-corrected chi connectivity index (χ4v) is 4.42. The van der Waals surface area contributed by atoms with Gasteiger partial charge in [-0.05, 0) is 38.8 Å². The number of benzene rings is 1. The van der Waals surface area contributed by atoms with Crippen LogP contribution in [0.25, 0.3) is 0 Å². The van der Waals surface area contributed by atoms with E-state index in [-0.39, 0.29) is 22.7 Å². The molecule has 10 heteroatoms. The lowest BCUT2D eigenvalue weighted by Crippen LogP contribution is -2.32. The summed E-state index contributed by atoms with van der Waals surface area (Å²) in [5.74, 6) is 0.568. The molecular formula is C20H26N4O5S. The zero-order valence-corrected chi connectivity index (χ0v) is 18.4. The van der Waals surface area contributed by atoms with Crippen molar-refractivity contribution < 1.29 is 19.2 Å². The number of nitrogens with one attached hydrogen (secondary N) is 1. The average Bonchev–Trinajstić information content (AvgIpc) is 3.06. The molecule has 2 heterocycles. The second-order valence-corrected chi connectivity index (χ2v) is 8.51. The third kappa shape index (κ3) is 4.88. The lowest BCUT2D eigenvalue weighted by molar-refractivity contribution is -0.385. The number of ether oxygens (including phenoxy) is 2. The number of nitrogens with zero attached hydrogens (tertiary/aromatic N) is 3. The SMILES string of the molecule is COc1cc(C(=O)Nc2nc(C)c(CN3CCC(C)CC3)s2)c([N+](=O)[O-])cc1OC. The number of nitro benzene ring substituents is 1. The summed E-state index contributed by atoms with van der Waals surface area (Å²) in [7, 11) is 2.79.